The highest BCUT2D eigenvalue weighted by Crippen LogP contribution is 2.31. The Balaban J connectivity index is 1.88. The smallest absolute Gasteiger partial charge is 0.322 e. The predicted octanol–water partition coefficient (Wildman–Crippen LogP) is 6.03. The Morgan fingerprint density at radius 2 is 1.59 bits per heavy atom. The van der Waals surface area contributed by atoms with Crippen molar-refractivity contribution in [2.24, 2.45) is 0 Å². The third kappa shape index (κ3) is 5.41. The van der Waals surface area contributed by atoms with Crippen molar-refractivity contribution in [1.82, 2.24) is 0 Å². The van der Waals surface area contributed by atoms with Crippen LogP contribution in [0.5, 0.6) is 0 Å². The summed E-state index contributed by atoms with van der Waals surface area (Å²) in [5.74, 6) is -0.739. The van der Waals surface area contributed by atoms with Gasteiger partial charge in [-0.1, -0.05) is 29.8 Å². The van der Waals surface area contributed by atoms with Gasteiger partial charge < -0.3 is 5.32 Å². The van der Waals surface area contributed by atoms with Crippen molar-refractivity contribution in [2.75, 3.05) is 10.0 Å². The quantitative estimate of drug-likeness (QED) is 0.466. The van der Waals surface area contributed by atoms with E-state index in [1.165, 1.54) is 30.3 Å². The second-order valence-electron chi connectivity index (χ2n) is 7.08. The summed E-state index contributed by atoms with van der Waals surface area (Å²) in [5.41, 5.74) is 0.503. The number of aryl methyl sites for hydroxylation is 2. The van der Waals surface area contributed by atoms with E-state index in [2.05, 4.69) is 10.0 Å². The molecule has 0 radical (unpaired) electrons. The summed E-state index contributed by atoms with van der Waals surface area (Å²) < 4.78 is 66.7. The topological polar surface area (TPSA) is 75.3 Å². The number of benzene rings is 3. The van der Waals surface area contributed by atoms with Crippen molar-refractivity contribution in [3.63, 3.8) is 0 Å². The van der Waals surface area contributed by atoms with Crippen LogP contribution in [-0.2, 0) is 16.2 Å². The van der Waals surface area contributed by atoms with Crippen molar-refractivity contribution in [1.29, 1.82) is 0 Å². The van der Waals surface area contributed by atoms with Gasteiger partial charge >= 0.3 is 6.18 Å². The molecule has 0 atom stereocenters. The molecule has 5 nitrogen and oxygen atoms in total. The van der Waals surface area contributed by atoms with Crippen LogP contribution in [0.1, 0.15) is 27.0 Å². The number of hydrogen-bond acceptors (Lipinski definition) is 3. The first kappa shape index (κ1) is 23.6. The van der Waals surface area contributed by atoms with Crippen LogP contribution in [0.25, 0.3) is 0 Å². The maximum atomic E-state index is 12.9. The SMILES string of the molecule is Cc1ccc(NS(=O)(=O)c2ccc(C)c(C(=O)Nc3cccc(C(F)(F)F)c3)c2)cc1Cl. The van der Waals surface area contributed by atoms with Gasteiger partial charge in [-0.25, -0.2) is 8.42 Å². The molecule has 0 aromatic heterocycles. The lowest BCUT2D eigenvalue weighted by Crippen LogP contribution is -2.17. The Morgan fingerprint density at radius 1 is 0.906 bits per heavy atom. The molecule has 0 aliphatic heterocycles. The molecule has 0 aliphatic rings. The number of nitrogens with one attached hydrogen (secondary N) is 2. The van der Waals surface area contributed by atoms with E-state index in [-0.39, 0.29) is 21.8 Å². The molecule has 3 aromatic carbocycles. The summed E-state index contributed by atoms with van der Waals surface area (Å²) in [7, 11) is -4.05. The molecule has 0 aliphatic carbocycles. The van der Waals surface area contributed by atoms with Crippen molar-refractivity contribution >= 4 is 38.9 Å². The third-order valence-electron chi connectivity index (χ3n) is 4.64. The number of carbonyl (C=O) groups excluding carboxylic acids is 1. The summed E-state index contributed by atoms with van der Waals surface area (Å²) in [4.78, 5) is 12.5. The zero-order valence-electron chi connectivity index (χ0n) is 16.9. The monoisotopic (exact) mass is 482 g/mol. The molecule has 3 rings (SSSR count). The lowest BCUT2D eigenvalue weighted by Gasteiger charge is -2.13. The van der Waals surface area contributed by atoms with Crippen LogP contribution >= 0.6 is 11.6 Å². The van der Waals surface area contributed by atoms with Gasteiger partial charge in [0.25, 0.3) is 15.9 Å². The number of hydrogen-bond donors (Lipinski definition) is 2. The van der Waals surface area contributed by atoms with E-state index in [0.717, 1.165) is 23.8 Å². The van der Waals surface area contributed by atoms with Gasteiger partial charge in [0.05, 0.1) is 16.1 Å². The fourth-order valence-corrected chi connectivity index (χ4v) is 4.11. The minimum Gasteiger partial charge on any atom is -0.322 e. The lowest BCUT2D eigenvalue weighted by atomic mass is 10.1. The molecule has 168 valence electrons. The number of anilines is 2. The lowest BCUT2D eigenvalue weighted by molar-refractivity contribution is -0.137. The number of rotatable bonds is 5. The zero-order valence-corrected chi connectivity index (χ0v) is 18.5. The van der Waals surface area contributed by atoms with Crippen LogP contribution in [0.15, 0.2) is 65.6 Å². The Kier molecular flexibility index (Phi) is 6.52. The minimum atomic E-state index is -4.56. The van der Waals surface area contributed by atoms with E-state index in [1.54, 1.807) is 26.0 Å². The van der Waals surface area contributed by atoms with E-state index in [1.807, 2.05) is 0 Å². The average molecular weight is 483 g/mol. The Labute approximate surface area is 188 Å². The van der Waals surface area contributed by atoms with E-state index >= 15 is 0 Å². The van der Waals surface area contributed by atoms with Gasteiger partial charge in [-0.05, 0) is 67.4 Å². The summed E-state index contributed by atoms with van der Waals surface area (Å²) >= 11 is 6.03. The van der Waals surface area contributed by atoms with Crippen molar-refractivity contribution in [3.05, 3.63) is 87.9 Å². The molecule has 3 aromatic rings. The first-order chi connectivity index (χ1) is 14.9. The highest BCUT2D eigenvalue weighted by Gasteiger charge is 2.30. The maximum absolute atomic E-state index is 12.9. The number of carbonyl (C=O) groups is 1. The molecule has 0 heterocycles. The second-order valence-corrected chi connectivity index (χ2v) is 9.17. The Morgan fingerprint density at radius 3 is 2.25 bits per heavy atom. The second kappa shape index (κ2) is 8.84. The van der Waals surface area contributed by atoms with Crippen molar-refractivity contribution < 1.29 is 26.4 Å². The van der Waals surface area contributed by atoms with Gasteiger partial charge in [0.15, 0.2) is 0 Å². The van der Waals surface area contributed by atoms with Crippen LogP contribution in [-0.4, -0.2) is 14.3 Å². The van der Waals surface area contributed by atoms with Gasteiger partial charge in [-0.3, -0.25) is 9.52 Å². The Hall–Kier alpha value is -3.04. The first-order valence-electron chi connectivity index (χ1n) is 9.25. The van der Waals surface area contributed by atoms with Crippen molar-refractivity contribution in [3.8, 4) is 0 Å². The van der Waals surface area contributed by atoms with Crippen LogP contribution in [0, 0.1) is 13.8 Å². The molecule has 32 heavy (non-hydrogen) atoms. The molecule has 1 amide bonds. The molecule has 0 saturated heterocycles. The number of sulfonamides is 1. The highest BCUT2D eigenvalue weighted by atomic mass is 35.5. The molecular weight excluding hydrogens is 465 g/mol. The van der Waals surface area contributed by atoms with E-state index in [0.29, 0.717) is 10.6 Å². The number of alkyl halides is 3. The van der Waals surface area contributed by atoms with Gasteiger partial charge in [0, 0.05) is 16.3 Å². The normalized spacial score (nSPS) is 11.8. The molecule has 0 spiro atoms. The standard InChI is InChI=1S/C22H18ClF3N2O3S/c1-13-7-9-18(32(30,31)28-17-8-6-14(2)20(23)11-17)12-19(13)21(29)27-16-5-3-4-15(10-16)22(24,25)26/h3-12,28H,1-2H3,(H,27,29). The molecule has 0 unspecified atom stereocenters. The minimum absolute atomic E-state index is 0.00669. The predicted molar refractivity (Wildman–Crippen MR) is 118 cm³/mol. The summed E-state index contributed by atoms with van der Waals surface area (Å²) in [6.07, 6.45) is -4.56. The highest BCUT2D eigenvalue weighted by molar-refractivity contribution is 7.92. The number of halogens is 4. The van der Waals surface area contributed by atoms with Crippen LogP contribution in [0.2, 0.25) is 5.02 Å². The van der Waals surface area contributed by atoms with E-state index in [9.17, 15) is 26.4 Å². The van der Waals surface area contributed by atoms with Gasteiger partial charge in [-0.2, -0.15) is 13.2 Å². The van der Waals surface area contributed by atoms with Crippen LogP contribution in [0.4, 0.5) is 24.5 Å². The molecule has 0 fully saturated rings. The summed E-state index contributed by atoms with van der Waals surface area (Å²) in [5, 5.41) is 2.77. The van der Waals surface area contributed by atoms with Gasteiger partial charge in [0.2, 0.25) is 0 Å². The Bertz CT molecular complexity index is 1290. The third-order valence-corrected chi connectivity index (χ3v) is 6.42. The molecule has 2 N–H and O–H groups in total. The van der Waals surface area contributed by atoms with Crippen LogP contribution in [0.3, 0.4) is 0 Å². The molecule has 10 heteroatoms. The largest absolute Gasteiger partial charge is 0.416 e. The molecule has 0 bridgehead atoms. The van der Waals surface area contributed by atoms with Crippen LogP contribution < -0.4 is 10.0 Å². The van der Waals surface area contributed by atoms with Gasteiger partial charge in [0.1, 0.15) is 0 Å². The fraction of sp³-hybridized carbons (Fsp3) is 0.136. The van der Waals surface area contributed by atoms with E-state index < -0.39 is 27.7 Å². The maximum Gasteiger partial charge on any atom is 0.416 e. The summed E-state index contributed by atoms with van der Waals surface area (Å²) in [6.45, 7) is 3.36. The fourth-order valence-electron chi connectivity index (χ4n) is 2.86. The average Bonchev–Trinajstić information content (AvgIpc) is 2.70. The molecule has 0 saturated carbocycles. The van der Waals surface area contributed by atoms with Gasteiger partial charge in [-0.15, -0.1) is 0 Å². The molecular formula is C22H18ClF3N2O3S. The zero-order chi connectivity index (χ0) is 23.7. The summed E-state index contributed by atoms with van der Waals surface area (Å²) in [6, 6.07) is 12.8. The van der Waals surface area contributed by atoms with Crippen molar-refractivity contribution in [2.45, 2.75) is 24.9 Å². The number of amides is 1. The van der Waals surface area contributed by atoms with E-state index in [4.69, 9.17) is 11.6 Å². The first-order valence-corrected chi connectivity index (χ1v) is 11.1.